The second kappa shape index (κ2) is 4.07. The van der Waals surface area contributed by atoms with Crippen LogP contribution in [-0.4, -0.2) is 33.6 Å². The molecule has 2 aliphatic rings. The van der Waals surface area contributed by atoms with E-state index in [4.69, 9.17) is 4.98 Å². The van der Waals surface area contributed by atoms with Gasteiger partial charge in [-0.3, -0.25) is 4.90 Å². The number of imidazole rings is 1. The van der Waals surface area contributed by atoms with E-state index in [0.29, 0.717) is 0 Å². The normalized spacial score (nSPS) is 23.9. The van der Waals surface area contributed by atoms with E-state index in [1.165, 1.54) is 37.3 Å². The molecule has 2 aromatic rings. The molecule has 3 heterocycles. The Morgan fingerprint density at radius 2 is 2.22 bits per heavy atom. The van der Waals surface area contributed by atoms with Crippen LogP contribution in [0.25, 0.3) is 11.0 Å². The lowest BCUT2D eigenvalue weighted by molar-refractivity contribution is 0.252. The Hall–Kier alpha value is -0.870. The Morgan fingerprint density at radius 1 is 1.28 bits per heavy atom. The fourth-order valence-electron chi connectivity index (χ4n) is 3.40. The van der Waals surface area contributed by atoms with Crippen LogP contribution in [0.5, 0.6) is 0 Å². The standard InChI is InChI=1S/C14H16BrN3/c15-10-3-4-13-12(8-10)16-14-5-7-17-6-1-2-11(17)9-18(13)14/h3-4,8,11H,1-2,5-7,9H2/t11-/m0/s1. The minimum absolute atomic E-state index is 0.729. The van der Waals surface area contributed by atoms with Gasteiger partial charge < -0.3 is 4.57 Å². The van der Waals surface area contributed by atoms with Crippen molar-refractivity contribution in [1.29, 1.82) is 0 Å². The topological polar surface area (TPSA) is 21.1 Å². The third kappa shape index (κ3) is 1.62. The minimum atomic E-state index is 0.729. The first-order chi connectivity index (χ1) is 8.81. The molecule has 4 heteroatoms. The van der Waals surface area contributed by atoms with Crippen LogP contribution in [0.2, 0.25) is 0 Å². The van der Waals surface area contributed by atoms with Crippen molar-refractivity contribution in [2.75, 3.05) is 13.1 Å². The van der Waals surface area contributed by atoms with Gasteiger partial charge in [-0.1, -0.05) is 15.9 Å². The molecule has 1 atom stereocenters. The number of hydrogen-bond donors (Lipinski definition) is 0. The summed E-state index contributed by atoms with van der Waals surface area (Å²) < 4.78 is 3.56. The molecule has 3 nitrogen and oxygen atoms in total. The fraction of sp³-hybridized carbons (Fsp3) is 0.500. The van der Waals surface area contributed by atoms with Crippen molar-refractivity contribution in [3.63, 3.8) is 0 Å². The van der Waals surface area contributed by atoms with Crippen LogP contribution in [0.1, 0.15) is 18.7 Å². The first-order valence-electron chi connectivity index (χ1n) is 6.70. The van der Waals surface area contributed by atoms with Crippen LogP contribution in [0.4, 0.5) is 0 Å². The third-order valence-corrected chi connectivity index (χ3v) is 4.80. The van der Waals surface area contributed by atoms with E-state index in [0.717, 1.165) is 29.0 Å². The lowest BCUT2D eigenvalue weighted by Crippen LogP contribution is -2.31. The Morgan fingerprint density at radius 3 is 3.17 bits per heavy atom. The van der Waals surface area contributed by atoms with E-state index >= 15 is 0 Å². The van der Waals surface area contributed by atoms with E-state index in [1.807, 2.05) is 0 Å². The van der Waals surface area contributed by atoms with Crippen LogP contribution in [0.15, 0.2) is 22.7 Å². The van der Waals surface area contributed by atoms with Crippen LogP contribution < -0.4 is 0 Å². The van der Waals surface area contributed by atoms with Gasteiger partial charge in [0.25, 0.3) is 0 Å². The number of nitrogens with zero attached hydrogens (tertiary/aromatic N) is 3. The zero-order chi connectivity index (χ0) is 12.1. The number of aromatic nitrogens is 2. The Kier molecular flexibility index (Phi) is 2.49. The minimum Gasteiger partial charge on any atom is -0.326 e. The highest BCUT2D eigenvalue weighted by atomic mass is 79.9. The van der Waals surface area contributed by atoms with Gasteiger partial charge in [-0.15, -0.1) is 0 Å². The van der Waals surface area contributed by atoms with E-state index in [9.17, 15) is 0 Å². The molecule has 18 heavy (non-hydrogen) atoms. The van der Waals surface area contributed by atoms with E-state index < -0.39 is 0 Å². The van der Waals surface area contributed by atoms with Crippen LogP contribution in [0.3, 0.4) is 0 Å². The van der Waals surface area contributed by atoms with Crippen molar-refractivity contribution in [2.45, 2.75) is 31.8 Å². The maximum atomic E-state index is 4.81. The van der Waals surface area contributed by atoms with Crippen molar-refractivity contribution >= 4 is 27.0 Å². The summed E-state index contributed by atoms with van der Waals surface area (Å²) in [7, 11) is 0. The summed E-state index contributed by atoms with van der Waals surface area (Å²) in [6.07, 6.45) is 3.79. The molecule has 0 unspecified atom stereocenters. The third-order valence-electron chi connectivity index (χ3n) is 4.30. The van der Waals surface area contributed by atoms with Gasteiger partial charge in [-0.05, 0) is 37.6 Å². The molecule has 94 valence electrons. The van der Waals surface area contributed by atoms with Gasteiger partial charge in [0, 0.05) is 30.0 Å². The summed E-state index contributed by atoms with van der Waals surface area (Å²) in [6.45, 7) is 3.57. The van der Waals surface area contributed by atoms with Gasteiger partial charge in [0.05, 0.1) is 11.0 Å². The SMILES string of the molecule is Brc1ccc2c(c1)nc1n2C[C@@H]2CCCN2CC1. The van der Waals surface area contributed by atoms with Gasteiger partial charge >= 0.3 is 0 Å². The summed E-state index contributed by atoms with van der Waals surface area (Å²) >= 11 is 3.53. The van der Waals surface area contributed by atoms with Crippen molar-refractivity contribution in [1.82, 2.24) is 14.5 Å². The Balaban J connectivity index is 1.84. The monoisotopic (exact) mass is 305 g/mol. The Bertz CT molecular complexity index is 604. The number of halogens is 1. The van der Waals surface area contributed by atoms with Crippen LogP contribution in [-0.2, 0) is 13.0 Å². The molecule has 0 N–H and O–H groups in total. The predicted molar refractivity (Wildman–Crippen MR) is 75.7 cm³/mol. The van der Waals surface area contributed by atoms with Crippen molar-refractivity contribution in [3.8, 4) is 0 Å². The zero-order valence-electron chi connectivity index (χ0n) is 10.3. The molecule has 1 saturated heterocycles. The van der Waals surface area contributed by atoms with Crippen molar-refractivity contribution < 1.29 is 0 Å². The number of fused-ring (bicyclic) bond motifs is 4. The van der Waals surface area contributed by atoms with Crippen molar-refractivity contribution in [2.24, 2.45) is 0 Å². The number of benzene rings is 1. The van der Waals surface area contributed by atoms with Gasteiger partial charge in [-0.2, -0.15) is 0 Å². The number of rotatable bonds is 0. The maximum Gasteiger partial charge on any atom is 0.111 e. The average Bonchev–Trinajstić information content (AvgIpc) is 2.89. The molecule has 0 radical (unpaired) electrons. The quantitative estimate of drug-likeness (QED) is 0.746. The molecule has 0 aliphatic carbocycles. The average molecular weight is 306 g/mol. The second-order valence-corrected chi connectivity index (χ2v) is 6.27. The van der Waals surface area contributed by atoms with Gasteiger partial charge in [0.15, 0.2) is 0 Å². The molecular formula is C14H16BrN3. The highest BCUT2D eigenvalue weighted by molar-refractivity contribution is 9.10. The molecule has 0 bridgehead atoms. The molecule has 4 rings (SSSR count). The first kappa shape index (κ1) is 11.0. The van der Waals surface area contributed by atoms with Gasteiger partial charge in [-0.25, -0.2) is 4.98 Å². The predicted octanol–water partition coefficient (Wildman–Crippen LogP) is 2.82. The summed E-state index contributed by atoms with van der Waals surface area (Å²) in [5, 5.41) is 0. The lowest BCUT2D eigenvalue weighted by Gasteiger charge is -2.21. The van der Waals surface area contributed by atoms with Gasteiger partial charge in [0.1, 0.15) is 5.82 Å². The summed E-state index contributed by atoms with van der Waals surface area (Å²) in [6, 6.07) is 7.17. The lowest BCUT2D eigenvalue weighted by atomic mass is 10.2. The Labute approximate surface area is 115 Å². The molecule has 1 aromatic carbocycles. The molecule has 1 fully saturated rings. The van der Waals surface area contributed by atoms with Crippen molar-refractivity contribution in [3.05, 3.63) is 28.5 Å². The number of hydrogen-bond acceptors (Lipinski definition) is 2. The molecule has 0 saturated carbocycles. The highest BCUT2D eigenvalue weighted by Crippen LogP contribution is 2.27. The summed E-state index contributed by atoms with van der Waals surface area (Å²) in [5.74, 6) is 1.26. The van der Waals surface area contributed by atoms with Crippen LogP contribution in [0, 0.1) is 0 Å². The maximum absolute atomic E-state index is 4.81. The largest absolute Gasteiger partial charge is 0.326 e. The molecule has 1 aromatic heterocycles. The molecule has 0 spiro atoms. The smallest absolute Gasteiger partial charge is 0.111 e. The second-order valence-electron chi connectivity index (χ2n) is 5.35. The zero-order valence-corrected chi connectivity index (χ0v) is 11.9. The molecule has 0 amide bonds. The fourth-order valence-corrected chi connectivity index (χ4v) is 3.75. The first-order valence-corrected chi connectivity index (χ1v) is 7.49. The summed E-state index contributed by atoms with van der Waals surface area (Å²) in [5.41, 5.74) is 2.42. The van der Waals surface area contributed by atoms with E-state index in [-0.39, 0.29) is 0 Å². The van der Waals surface area contributed by atoms with Crippen LogP contribution >= 0.6 is 15.9 Å². The highest BCUT2D eigenvalue weighted by Gasteiger charge is 2.29. The summed E-state index contributed by atoms with van der Waals surface area (Å²) in [4.78, 5) is 7.45. The molecular weight excluding hydrogens is 290 g/mol. The van der Waals surface area contributed by atoms with E-state index in [2.05, 4.69) is 43.6 Å². The molecule has 2 aliphatic heterocycles. The van der Waals surface area contributed by atoms with E-state index in [1.54, 1.807) is 0 Å². The van der Waals surface area contributed by atoms with Gasteiger partial charge in [0.2, 0.25) is 0 Å².